The SMILES string of the molecule is CN(Cc1nc2ccccc2s1)c1ccc(S(=O)(=O)N2CCOCC2)cn1. The number of anilines is 1. The van der Waals surface area contributed by atoms with Gasteiger partial charge in [-0.2, -0.15) is 4.31 Å². The van der Waals surface area contributed by atoms with E-state index in [9.17, 15) is 8.42 Å². The van der Waals surface area contributed by atoms with Crippen LogP contribution < -0.4 is 4.90 Å². The number of sulfonamides is 1. The molecule has 4 rings (SSSR count). The van der Waals surface area contributed by atoms with Crippen molar-refractivity contribution in [2.24, 2.45) is 0 Å². The third kappa shape index (κ3) is 3.81. The van der Waals surface area contributed by atoms with Gasteiger partial charge in [0.2, 0.25) is 10.0 Å². The summed E-state index contributed by atoms with van der Waals surface area (Å²) in [5.74, 6) is 0.704. The number of benzene rings is 1. The van der Waals surface area contributed by atoms with Crippen molar-refractivity contribution in [3.05, 3.63) is 47.6 Å². The maximum atomic E-state index is 12.7. The van der Waals surface area contributed by atoms with Crippen LogP contribution in [0, 0.1) is 0 Å². The van der Waals surface area contributed by atoms with Crippen LogP contribution in [0.25, 0.3) is 10.2 Å². The maximum Gasteiger partial charge on any atom is 0.244 e. The van der Waals surface area contributed by atoms with Crippen LogP contribution in [-0.2, 0) is 21.3 Å². The molecule has 0 spiro atoms. The average molecular weight is 405 g/mol. The summed E-state index contributed by atoms with van der Waals surface area (Å²) in [6.07, 6.45) is 1.43. The number of nitrogens with zero attached hydrogens (tertiary/aromatic N) is 4. The average Bonchev–Trinajstić information content (AvgIpc) is 3.11. The fourth-order valence-electron chi connectivity index (χ4n) is 2.96. The molecule has 27 heavy (non-hydrogen) atoms. The highest BCUT2D eigenvalue weighted by atomic mass is 32.2. The van der Waals surface area contributed by atoms with E-state index in [1.807, 2.05) is 30.1 Å². The topological polar surface area (TPSA) is 75.6 Å². The van der Waals surface area contributed by atoms with Crippen molar-refractivity contribution in [1.29, 1.82) is 0 Å². The van der Waals surface area contributed by atoms with Gasteiger partial charge < -0.3 is 9.64 Å². The Morgan fingerprint density at radius 3 is 2.67 bits per heavy atom. The second-order valence-electron chi connectivity index (χ2n) is 6.30. The Morgan fingerprint density at radius 2 is 1.96 bits per heavy atom. The van der Waals surface area contributed by atoms with Crippen LogP contribution >= 0.6 is 11.3 Å². The summed E-state index contributed by atoms with van der Waals surface area (Å²) in [5.41, 5.74) is 0.991. The Bertz CT molecular complexity index is 995. The maximum absolute atomic E-state index is 12.7. The number of hydrogen-bond donors (Lipinski definition) is 0. The molecule has 0 atom stereocenters. The molecular formula is C18H20N4O3S2. The molecule has 0 radical (unpaired) electrons. The van der Waals surface area contributed by atoms with Gasteiger partial charge in [0.1, 0.15) is 15.7 Å². The third-order valence-corrected chi connectivity index (χ3v) is 7.33. The number of rotatable bonds is 5. The third-order valence-electron chi connectivity index (χ3n) is 4.43. The van der Waals surface area contributed by atoms with Gasteiger partial charge in [-0.05, 0) is 24.3 Å². The number of para-hydroxylation sites is 1. The monoisotopic (exact) mass is 404 g/mol. The molecule has 0 N–H and O–H groups in total. The van der Waals surface area contributed by atoms with E-state index in [0.717, 1.165) is 15.2 Å². The van der Waals surface area contributed by atoms with Gasteiger partial charge in [-0.1, -0.05) is 12.1 Å². The van der Waals surface area contributed by atoms with E-state index in [1.165, 1.54) is 10.5 Å². The van der Waals surface area contributed by atoms with Gasteiger partial charge in [0.05, 0.1) is 30.0 Å². The number of aromatic nitrogens is 2. The highest BCUT2D eigenvalue weighted by molar-refractivity contribution is 7.89. The second-order valence-corrected chi connectivity index (χ2v) is 9.35. The normalized spacial score (nSPS) is 15.9. The van der Waals surface area contributed by atoms with Crippen LogP contribution in [0.15, 0.2) is 47.5 Å². The van der Waals surface area contributed by atoms with Crippen molar-refractivity contribution >= 4 is 37.4 Å². The first-order chi connectivity index (χ1) is 13.0. The Labute approximate surface area is 162 Å². The molecule has 142 valence electrons. The quantitative estimate of drug-likeness (QED) is 0.650. The van der Waals surface area contributed by atoms with Gasteiger partial charge in [0.15, 0.2) is 0 Å². The predicted octanol–water partition coefficient (Wildman–Crippen LogP) is 2.35. The van der Waals surface area contributed by atoms with E-state index < -0.39 is 10.0 Å². The van der Waals surface area contributed by atoms with Crippen LogP contribution in [0.2, 0.25) is 0 Å². The molecule has 7 nitrogen and oxygen atoms in total. The Balaban J connectivity index is 1.49. The fraction of sp³-hybridized carbons (Fsp3) is 0.333. The summed E-state index contributed by atoms with van der Waals surface area (Å²) >= 11 is 1.65. The lowest BCUT2D eigenvalue weighted by Crippen LogP contribution is -2.40. The molecule has 0 amide bonds. The smallest absolute Gasteiger partial charge is 0.244 e. The highest BCUT2D eigenvalue weighted by Gasteiger charge is 2.26. The highest BCUT2D eigenvalue weighted by Crippen LogP contribution is 2.24. The van der Waals surface area contributed by atoms with Crippen molar-refractivity contribution in [3.63, 3.8) is 0 Å². The zero-order valence-electron chi connectivity index (χ0n) is 14.9. The summed E-state index contributed by atoms with van der Waals surface area (Å²) in [7, 11) is -1.60. The standard InChI is InChI=1S/C18H20N4O3S2/c1-21(13-18-20-15-4-2-3-5-16(15)26-18)17-7-6-14(12-19-17)27(23,24)22-8-10-25-11-9-22/h2-7,12H,8-11,13H2,1H3. The summed E-state index contributed by atoms with van der Waals surface area (Å²) < 4.78 is 33.2. The van der Waals surface area contributed by atoms with E-state index in [4.69, 9.17) is 4.74 Å². The molecule has 0 aliphatic carbocycles. The first-order valence-electron chi connectivity index (χ1n) is 8.63. The zero-order valence-corrected chi connectivity index (χ0v) is 16.5. The summed E-state index contributed by atoms with van der Waals surface area (Å²) in [6.45, 7) is 2.22. The van der Waals surface area contributed by atoms with E-state index in [2.05, 4.69) is 16.0 Å². The van der Waals surface area contributed by atoms with Gasteiger partial charge >= 0.3 is 0 Å². The Morgan fingerprint density at radius 1 is 1.19 bits per heavy atom. The summed E-state index contributed by atoms with van der Waals surface area (Å²) in [6, 6.07) is 11.4. The van der Waals surface area contributed by atoms with Gasteiger partial charge in [-0.15, -0.1) is 11.3 Å². The molecule has 0 bridgehead atoms. The number of morpholine rings is 1. The lowest BCUT2D eigenvalue weighted by atomic mass is 10.3. The number of fused-ring (bicyclic) bond motifs is 1. The number of thiazole rings is 1. The lowest BCUT2D eigenvalue weighted by molar-refractivity contribution is 0.0730. The van der Waals surface area contributed by atoms with Gasteiger partial charge in [-0.3, -0.25) is 0 Å². The molecule has 3 aromatic rings. The van der Waals surface area contributed by atoms with Gasteiger partial charge in [0.25, 0.3) is 0 Å². The largest absolute Gasteiger partial charge is 0.379 e. The molecule has 3 heterocycles. The van der Waals surface area contributed by atoms with E-state index >= 15 is 0 Å². The molecule has 1 aliphatic rings. The van der Waals surface area contributed by atoms with Crippen molar-refractivity contribution in [2.45, 2.75) is 11.4 Å². The molecule has 1 fully saturated rings. The van der Waals surface area contributed by atoms with Crippen LogP contribution in [0.1, 0.15) is 5.01 Å². The van der Waals surface area contributed by atoms with Crippen LogP contribution in [-0.4, -0.2) is 56.0 Å². The number of pyridine rings is 1. The van der Waals surface area contributed by atoms with Crippen molar-refractivity contribution in [3.8, 4) is 0 Å². The van der Waals surface area contributed by atoms with Gasteiger partial charge in [-0.25, -0.2) is 18.4 Å². The molecule has 1 saturated heterocycles. The Hall–Kier alpha value is -2.07. The lowest BCUT2D eigenvalue weighted by Gasteiger charge is -2.26. The summed E-state index contributed by atoms with van der Waals surface area (Å²) in [4.78, 5) is 11.2. The van der Waals surface area contributed by atoms with Crippen molar-refractivity contribution in [1.82, 2.24) is 14.3 Å². The van der Waals surface area contributed by atoms with Crippen LogP contribution in [0.5, 0.6) is 0 Å². The molecule has 1 aromatic carbocycles. The number of ether oxygens (including phenoxy) is 1. The first-order valence-corrected chi connectivity index (χ1v) is 10.9. The van der Waals surface area contributed by atoms with Crippen LogP contribution in [0.4, 0.5) is 5.82 Å². The molecule has 2 aromatic heterocycles. The predicted molar refractivity (Wildman–Crippen MR) is 106 cm³/mol. The second kappa shape index (κ2) is 7.51. The molecule has 0 unspecified atom stereocenters. The van der Waals surface area contributed by atoms with Crippen molar-refractivity contribution in [2.75, 3.05) is 38.3 Å². The number of hydrogen-bond acceptors (Lipinski definition) is 7. The van der Waals surface area contributed by atoms with E-state index in [1.54, 1.807) is 23.5 Å². The van der Waals surface area contributed by atoms with Crippen LogP contribution in [0.3, 0.4) is 0 Å². The van der Waals surface area contributed by atoms with Gasteiger partial charge in [0, 0.05) is 26.3 Å². The minimum atomic E-state index is -3.52. The van der Waals surface area contributed by atoms with E-state index in [0.29, 0.717) is 38.7 Å². The zero-order chi connectivity index (χ0) is 18.9. The minimum absolute atomic E-state index is 0.210. The fourth-order valence-corrected chi connectivity index (χ4v) is 5.33. The molecule has 9 heteroatoms. The Kier molecular flexibility index (Phi) is 5.09. The van der Waals surface area contributed by atoms with Crippen molar-refractivity contribution < 1.29 is 13.2 Å². The molecule has 1 aliphatic heterocycles. The minimum Gasteiger partial charge on any atom is -0.379 e. The van der Waals surface area contributed by atoms with E-state index in [-0.39, 0.29) is 4.90 Å². The first kappa shape index (κ1) is 18.3. The molecular weight excluding hydrogens is 384 g/mol. The molecule has 0 saturated carbocycles. The summed E-state index contributed by atoms with van der Waals surface area (Å²) in [5, 5.41) is 0.991.